The van der Waals surface area contributed by atoms with Crippen LogP contribution in [0.15, 0.2) is 36.5 Å². The fourth-order valence-electron chi connectivity index (χ4n) is 0.674. The van der Waals surface area contributed by atoms with E-state index in [4.69, 9.17) is 0 Å². The van der Waals surface area contributed by atoms with Crippen LogP contribution >= 0.6 is 0 Å². The number of carbonyl (C=O) groups is 2. The van der Waals surface area contributed by atoms with Gasteiger partial charge in [0, 0.05) is 5.57 Å². The molecule has 64 valence electrons. The van der Waals surface area contributed by atoms with Crippen LogP contribution in [0.2, 0.25) is 0 Å². The molecule has 0 aromatic carbocycles. The second-order valence-electron chi connectivity index (χ2n) is 2.10. The van der Waals surface area contributed by atoms with Crippen molar-refractivity contribution in [1.29, 1.82) is 0 Å². The summed E-state index contributed by atoms with van der Waals surface area (Å²) in [6, 6.07) is 0. The molecule has 0 atom stereocenters. The van der Waals surface area contributed by atoms with Gasteiger partial charge in [-0.3, -0.25) is 14.9 Å². The lowest BCUT2D eigenvalue weighted by molar-refractivity contribution is -0.122. The maximum Gasteiger partial charge on any atom is 0.257 e. The van der Waals surface area contributed by atoms with Crippen LogP contribution in [0.4, 0.5) is 0 Å². The average Bonchev–Trinajstić information content (AvgIpc) is 2.06. The van der Waals surface area contributed by atoms with E-state index >= 15 is 0 Å². The Hall–Kier alpha value is -1.64. The summed E-state index contributed by atoms with van der Waals surface area (Å²) in [6.07, 6.45) is 3.25. The van der Waals surface area contributed by atoms with Gasteiger partial charge in [-0.25, -0.2) is 0 Å². The van der Waals surface area contributed by atoms with Gasteiger partial charge >= 0.3 is 0 Å². The van der Waals surface area contributed by atoms with E-state index in [1.807, 2.05) is 5.32 Å². The van der Waals surface area contributed by atoms with Gasteiger partial charge in [-0.15, -0.1) is 0 Å². The van der Waals surface area contributed by atoms with E-state index in [1.54, 1.807) is 6.92 Å². The molecule has 0 heterocycles. The second kappa shape index (κ2) is 5.07. The van der Waals surface area contributed by atoms with Crippen LogP contribution in [-0.2, 0) is 9.59 Å². The summed E-state index contributed by atoms with van der Waals surface area (Å²) >= 11 is 0. The molecule has 0 aliphatic heterocycles. The fraction of sp³-hybridized carbons (Fsp3) is 0.111. The van der Waals surface area contributed by atoms with Crippen molar-refractivity contribution >= 4 is 12.3 Å². The summed E-state index contributed by atoms with van der Waals surface area (Å²) in [5.74, 6) is -0.461. The average molecular weight is 165 g/mol. The first-order chi connectivity index (χ1) is 5.67. The highest BCUT2D eigenvalue weighted by molar-refractivity contribution is 6.02. The molecule has 0 aliphatic rings. The Bertz CT molecular complexity index is 251. The molecule has 3 heteroatoms. The summed E-state index contributed by atoms with van der Waals surface area (Å²) in [4.78, 5) is 21.0. The molecule has 0 radical (unpaired) electrons. The lowest BCUT2D eigenvalue weighted by atomic mass is 10.1. The number of imide groups is 1. The number of allylic oxidation sites excluding steroid dienone is 2. The van der Waals surface area contributed by atoms with E-state index in [1.165, 1.54) is 12.2 Å². The first kappa shape index (κ1) is 10.4. The normalized spacial score (nSPS) is 11.1. The Labute approximate surface area is 71.5 Å². The smallest absolute Gasteiger partial charge is 0.257 e. The Balaban J connectivity index is 4.77. The maximum atomic E-state index is 11.1. The molecule has 0 aliphatic carbocycles. The highest BCUT2D eigenvalue weighted by Gasteiger charge is 2.05. The van der Waals surface area contributed by atoms with Gasteiger partial charge in [-0.05, 0) is 12.5 Å². The number of hydrogen-bond acceptors (Lipinski definition) is 2. The minimum absolute atomic E-state index is 0.336. The second-order valence-corrected chi connectivity index (χ2v) is 2.10. The molecule has 0 rings (SSSR count). The summed E-state index contributed by atoms with van der Waals surface area (Å²) in [7, 11) is 0. The van der Waals surface area contributed by atoms with E-state index in [0.29, 0.717) is 17.6 Å². The highest BCUT2D eigenvalue weighted by atomic mass is 16.2. The summed E-state index contributed by atoms with van der Waals surface area (Å²) in [5, 5.41) is 2.02. The number of nitrogens with one attached hydrogen (secondary N) is 1. The van der Waals surface area contributed by atoms with Crippen molar-refractivity contribution in [2.45, 2.75) is 6.92 Å². The predicted molar refractivity (Wildman–Crippen MR) is 47.3 cm³/mol. The van der Waals surface area contributed by atoms with Gasteiger partial charge < -0.3 is 0 Å². The molecular weight excluding hydrogens is 154 g/mol. The minimum atomic E-state index is -0.461. The van der Waals surface area contributed by atoms with E-state index in [9.17, 15) is 9.59 Å². The summed E-state index contributed by atoms with van der Waals surface area (Å²) in [6.45, 7) is 8.67. The zero-order valence-electron chi connectivity index (χ0n) is 6.96. The van der Waals surface area contributed by atoms with Gasteiger partial charge in [0.05, 0.1) is 0 Å². The van der Waals surface area contributed by atoms with Crippen LogP contribution in [0.1, 0.15) is 6.92 Å². The number of amides is 2. The van der Waals surface area contributed by atoms with Crippen LogP contribution < -0.4 is 5.32 Å². The van der Waals surface area contributed by atoms with Gasteiger partial charge in [0.25, 0.3) is 5.91 Å². The molecule has 0 saturated heterocycles. The van der Waals surface area contributed by atoms with Gasteiger partial charge in [0.15, 0.2) is 0 Å². The molecule has 0 aromatic heterocycles. The van der Waals surface area contributed by atoms with Crippen LogP contribution in [0, 0.1) is 0 Å². The zero-order valence-corrected chi connectivity index (χ0v) is 6.96. The number of carbonyl (C=O) groups excluding carboxylic acids is 2. The summed E-state index contributed by atoms with van der Waals surface area (Å²) in [5.41, 5.74) is 1.04. The van der Waals surface area contributed by atoms with Crippen LogP contribution in [0.3, 0.4) is 0 Å². The topological polar surface area (TPSA) is 46.2 Å². The zero-order chi connectivity index (χ0) is 9.56. The molecule has 0 unspecified atom stereocenters. The predicted octanol–water partition coefficient (Wildman–Crippen LogP) is 0.947. The first-order valence-electron chi connectivity index (χ1n) is 3.37. The van der Waals surface area contributed by atoms with Crippen molar-refractivity contribution in [2.24, 2.45) is 0 Å². The van der Waals surface area contributed by atoms with E-state index in [-0.39, 0.29) is 0 Å². The van der Waals surface area contributed by atoms with Gasteiger partial charge in [-0.2, -0.15) is 0 Å². The lowest BCUT2D eigenvalue weighted by Crippen LogP contribution is -2.22. The van der Waals surface area contributed by atoms with Crippen molar-refractivity contribution in [2.75, 3.05) is 0 Å². The Kier molecular flexibility index (Phi) is 4.38. The largest absolute Gasteiger partial charge is 0.295 e. The van der Waals surface area contributed by atoms with Gasteiger partial charge in [0.1, 0.15) is 0 Å². The SMILES string of the molecule is C=C/C(C)=C(\C=C)C(=O)NC=O. The standard InChI is InChI=1S/C9H11NO2/c1-4-7(3)8(5-2)9(12)10-6-11/h4-6H,1-2H2,3H3,(H,10,11,12)/b8-7+. The Morgan fingerprint density at radius 2 is 1.92 bits per heavy atom. The molecule has 1 N–H and O–H groups in total. The quantitative estimate of drug-likeness (QED) is 0.383. The van der Waals surface area contributed by atoms with E-state index in [2.05, 4.69) is 13.2 Å². The van der Waals surface area contributed by atoms with Crippen molar-refractivity contribution in [3.63, 3.8) is 0 Å². The molecule has 0 bridgehead atoms. The molecule has 12 heavy (non-hydrogen) atoms. The number of rotatable bonds is 4. The van der Waals surface area contributed by atoms with E-state index in [0.717, 1.165) is 0 Å². The van der Waals surface area contributed by atoms with Gasteiger partial charge in [0.2, 0.25) is 6.41 Å². The number of hydrogen-bond donors (Lipinski definition) is 1. The maximum absolute atomic E-state index is 11.1. The highest BCUT2D eigenvalue weighted by Crippen LogP contribution is 2.05. The Morgan fingerprint density at radius 1 is 1.33 bits per heavy atom. The van der Waals surface area contributed by atoms with Crippen LogP contribution in [0.25, 0.3) is 0 Å². The molecule has 0 spiro atoms. The summed E-state index contributed by atoms with van der Waals surface area (Å²) < 4.78 is 0. The van der Waals surface area contributed by atoms with Crippen LogP contribution in [-0.4, -0.2) is 12.3 Å². The molecule has 0 saturated carbocycles. The minimum Gasteiger partial charge on any atom is -0.295 e. The lowest BCUT2D eigenvalue weighted by Gasteiger charge is -2.01. The van der Waals surface area contributed by atoms with Crippen molar-refractivity contribution in [3.8, 4) is 0 Å². The van der Waals surface area contributed by atoms with E-state index < -0.39 is 5.91 Å². The molecule has 0 aromatic rings. The Morgan fingerprint density at radius 3 is 2.25 bits per heavy atom. The van der Waals surface area contributed by atoms with Crippen molar-refractivity contribution in [1.82, 2.24) is 5.32 Å². The third kappa shape index (κ3) is 2.54. The molecule has 0 fully saturated rings. The fourth-order valence-corrected chi connectivity index (χ4v) is 0.674. The molecule has 3 nitrogen and oxygen atoms in total. The monoisotopic (exact) mass is 165 g/mol. The first-order valence-corrected chi connectivity index (χ1v) is 3.37. The van der Waals surface area contributed by atoms with Crippen LogP contribution in [0.5, 0.6) is 0 Å². The molecule has 2 amide bonds. The van der Waals surface area contributed by atoms with Crippen molar-refractivity contribution < 1.29 is 9.59 Å². The van der Waals surface area contributed by atoms with Crippen molar-refractivity contribution in [3.05, 3.63) is 36.5 Å². The van der Waals surface area contributed by atoms with Gasteiger partial charge in [-0.1, -0.05) is 25.3 Å². The third-order valence-electron chi connectivity index (χ3n) is 1.37. The third-order valence-corrected chi connectivity index (χ3v) is 1.37. The molecular formula is C9H11NO2.